The van der Waals surface area contributed by atoms with Gasteiger partial charge in [-0.1, -0.05) is 24.8 Å². The number of alkyl halides is 2. The third-order valence-corrected chi connectivity index (χ3v) is 8.74. The third-order valence-electron chi connectivity index (χ3n) is 4.96. The molecule has 0 spiro atoms. The van der Waals surface area contributed by atoms with Gasteiger partial charge >= 0.3 is 14.1 Å². The lowest BCUT2D eigenvalue weighted by Gasteiger charge is -2.19. The molecule has 0 bridgehead atoms. The monoisotopic (exact) mass is 691 g/mol. The van der Waals surface area contributed by atoms with E-state index in [9.17, 15) is 14.4 Å². The number of hydrogen-bond acceptors (Lipinski definition) is 5. The molecule has 0 radical (unpaired) electrons. The average Bonchev–Trinajstić information content (AvgIpc) is 2.72. The van der Waals surface area contributed by atoms with Crippen LogP contribution in [0.4, 0.5) is 4.79 Å². The molecule has 5 nitrogen and oxygen atoms in total. The first-order valence-corrected chi connectivity index (χ1v) is 15.4. The van der Waals surface area contributed by atoms with E-state index in [1.165, 1.54) is 0 Å². The van der Waals surface area contributed by atoms with Crippen LogP contribution in [0, 0.1) is 0 Å². The Hall–Kier alpha value is -0.958. The summed E-state index contributed by atoms with van der Waals surface area (Å²) in [4.78, 5) is 37.5. The summed E-state index contributed by atoms with van der Waals surface area (Å²) in [5.41, 5.74) is 2.23. The maximum absolute atomic E-state index is 12.9. The van der Waals surface area contributed by atoms with Gasteiger partial charge in [-0.15, -0.1) is 0 Å². The molecule has 0 aliphatic rings. The molecule has 0 fully saturated rings. The van der Waals surface area contributed by atoms with Crippen molar-refractivity contribution >= 4 is 52.0 Å². The molecule has 0 saturated carbocycles. The van der Waals surface area contributed by atoms with Crippen molar-refractivity contribution in [3.05, 3.63) is 59.2 Å². The summed E-state index contributed by atoms with van der Waals surface area (Å²) in [7, 11) is 0. The SMILES string of the molecule is CCc1cc(C(=O)Cc2ccc(OC(C)(C)I)cc2)ccc1O[C](=O)[Al]([CH3])[C](=O)C(C)(C)[IH+]. The topological polar surface area (TPSA) is 69.7 Å². The number of ketones is 1. The second kappa shape index (κ2) is 11.6. The number of aryl methyl sites for hydroxylation is 1. The van der Waals surface area contributed by atoms with Crippen molar-refractivity contribution in [1.82, 2.24) is 0 Å². The fourth-order valence-corrected chi connectivity index (χ4v) is 6.53. The molecular formula is C25H30AlI2O5+. The van der Waals surface area contributed by atoms with Gasteiger partial charge in [-0.3, -0.25) is 9.59 Å². The summed E-state index contributed by atoms with van der Waals surface area (Å²) < 4.78 is 10.5. The quantitative estimate of drug-likeness (QED) is 0.166. The van der Waals surface area contributed by atoms with Crippen LogP contribution in [0.2, 0.25) is 5.79 Å². The van der Waals surface area contributed by atoms with Crippen LogP contribution < -0.4 is 32.1 Å². The van der Waals surface area contributed by atoms with Crippen LogP contribution in [0.5, 0.6) is 11.5 Å². The van der Waals surface area contributed by atoms with Crippen LogP contribution in [0.1, 0.15) is 56.1 Å². The van der Waals surface area contributed by atoms with Gasteiger partial charge in [0.25, 0.3) is 22.6 Å². The largest absolute Gasteiger partial charge is 0.533 e. The van der Waals surface area contributed by atoms with Crippen LogP contribution in [-0.4, -0.2) is 36.4 Å². The molecule has 0 unspecified atom stereocenters. The van der Waals surface area contributed by atoms with Crippen molar-refractivity contribution in [3.8, 4) is 11.5 Å². The van der Waals surface area contributed by atoms with Crippen molar-refractivity contribution in [1.29, 1.82) is 0 Å². The van der Waals surface area contributed by atoms with Crippen LogP contribution in [0.3, 0.4) is 0 Å². The standard InChI is InChI=1S/C20H20IO4.C4H7IO.CH3.Al/c1-4-15-12-16(7-10-19(15)24-13-22)18(23)11-14-5-8-17(9-6-14)25-20(2,3)21;1-4(2,5)3-6;;/h5-10,12H,4,11H2,1-3H3;5H,1-2H3;1H3;/q;+1;;. The van der Waals surface area contributed by atoms with E-state index in [-0.39, 0.29) is 20.5 Å². The Kier molecular flexibility index (Phi) is 9.98. The maximum atomic E-state index is 12.9. The number of hydrogen-bond donors (Lipinski definition) is 0. The van der Waals surface area contributed by atoms with Crippen molar-refractivity contribution < 1.29 is 46.4 Å². The highest BCUT2D eigenvalue weighted by Gasteiger charge is 2.45. The Morgan fingerprint density at radius 2 is 1.64 bits per heavy atom. The highest BCUT2D eigenvalue weighted by molar-refractivity contribution is 14.1. The summed E-state index contributed by atoms with van der Waals surface area (Å²) in [6, 6.07) is 12.6. The molecule has 8 heteroatoms. The lowest BCUT2D eigenvalue weighted by Crippen LogP contribution is -3.43. The Bertz CT molecular complexity index is 1020. The van der Waals surface area contributed by atoms with Crippen LogP contribution in [0.25, 0.3) is 0 Å². The Labute approximate surface area is 227 Å². The molecule has 33 heavy (non-hydrogen) atoms. The Balaban J connectivity index is 2.11. The zero-order valence-corrected chi connectivity index (χ0v) is 25.5. The molecule has 176 valence electrons. The lowest BCUT2D eigenvalue weighted by molar-refractivity contribution is -0.443. The minimum atomic E-state index is -2.39. The smallest absolute Gasteiger partial charge is 0.478 e. The van der Waals surface area contributed by atoms with E-state index in [0.29, 0.717) is 17.7 Å². The number of rotatable bonds is 10. The molecule has 2 aromatic rings. The van der Waals surface area contributed by atoms with Gasteiger partial charge in [-0.05, 0) is 98.2 Å². The first-order valence-electron chi connectivity index (χ1n) is 10.8. The van der Waals surface area contributed by atoms with Gasteiger partial charge in [0.05, 0.1) is 0 Å². The summed E-state index contributed by atoms with van der Waals surface area (Å²) >= 11 is 1.56. The van der Waals surface area contributed by atoms with Crippen molar-refractivity contribution in [2.24, 2.45) is 0 Å². The number of benzene rings is 2. The van der Waals surface area contributed by atoms with Gasteiger partial charge in [0.2, 0.25) is 4.83 Å². The second-order valence-corrected chi connectivity index (χ2v) is 16.9. The molecule has 0 aliphatic heterocycles. The molecule has 2 aromatic carbocycles. The predicted molar refractivity (Wildman–Crippen MR) is 137 cm³/mol. The summed E-state index contributed by atoms with van der Waals surface area (Å²) in [5, 5.41) is 0. The minimum absolute atomic E-state index is 0.0172. The van der Waals surface area contributed by atoms with Gasteiger partial charge in [0.15, 0.2) is 12.8 Å². The van der Waals surface area contributed by atoms with Gasteiger partial charge in [-0.25, -0.2) is 0 Å². The first-order chi connectivity index (χ1) is 15.2. The van der Waals surface area contributed by atoms with Crippen LogP contribution in [0.15, 0.2) is 42.5 Å². The highest BCUT2D eigenvalue weighted by Crippen LogP contribution is 2.25. The fraction of sp³-hybridized carbons (Fsp3) is 0.400. The van der Waals surface area contributed by atoms with Crippen molar-refractivity contribution in [2.75, 3.05) is 0 Å². The summed E-state index contributed by atoms with van der Waals surface area (Å²) in [6.07, 6.45) is 0.867. The lowest BCUT2D eigenvalue weighted by atomic mass is 10.00. The zero-order valence-electron chi connectivity index (χ0n) is 19.9. The Morgan fingerprint density at radius 3 is 2.15 bits per heavy atom. The summed E-state index contributed by atoms with van der Waals surface area (Å²) in [6.45, 7) is 9.53. The highest BCUT2D eigenvalue weighted by atomic mass is 127. The van der Waals surface area contributed by atoms with Crippen molar-refractivity contribution in [3.63, 3.8) is 0 Å². The molecule has 0 N–H and O–H groups in total. The molecule has 2 rings (SSSR count). The zero-order chi connectivity index (χ0) is 25.0. The van der Waals surface area contributed by atoms with Crippen LogP contribution in [-0.2, 0) is 17.6 Å². The number of ether oxygens (including phenoxy) is 2. The van der Waals surface area contributed by atoms with Gasteiger partial charge in [0.1, 0.15) is 16.1 Å². The Morgan fingerprint density at radius 1 is 1.03 bits per heavy atom. The molecular weight excluding hydrogens is 661 g/mol. The van der Waals surface area contributed by atoms with Crippen molar-refractivity contribution in [2.45, 2.75) is 60.3 Å². The average molecular weight is 691 g/mol. The third kappa shape index (κ3) is 8.64. The molecule has 0 aromatic heterocycles. The van der Waals surface area contributed by atoms with Gasteiger partial charge < -0.3 is 14.3 Å². The fourth-order valence-electron chi connectivity index (χ4n) is 3.20. The van der Waals surface area contributed by atoms with E-state index in [1.807, 2.05) is 58.9 Å². The summed E-state index contributed by atoms with van der Waals surface area (Å²) in [5.74, 6) is 2.87. The number of Topliss-reactive ketones (excluding diaryl/α,β-unsaturated/α-hetero) is 1. The van der Waals surface area contributed by atoms with Crippen LogP contribution >= 0.6 is 22.6 Å². The van der Waals surface area contributed by atoms with E-state index >= 15 is 0 Å². The van der Waals surface area contributed by atoms with Gasteiger partial charge in [-0.2, -0.15) is 0 Å². The first kappa shape index (κ1) is 28.3. The molecule has 0 saturated heterocycles. The molecule has 0 atom stereocenters. The number of carbonyl (C=O) groups is 3. The van der Waals surface area contributed by atoms with E-state index in [0.717, 1.165) is 16.9 Å². The number of halogens is 2. The van der Waals surface area contributed by atoms with E-state index < -0.39 is 22.4 Å². The minimum Gasteiger partial charge on any atom is -0.478 e. The molecule has 0 amide bonds. The predicted octanol–water partition coefficient (Wildman–Crippen LogP) is 2.60. The molecule has 0 heterocycles. The second-order valence-electron chi connectivity index (χ2n) is 8.90. The van der Waals surface area contributed by atoms with E-state index in [2.05, 4.69) is 22.6 Å². The molecule has 0 aliphatic carbocycles. The maximum Gasteiger partial charge on any atom is 0.533 e. The van der Waals surface area contributed by atoms with E-state index in [4.69, 9.17) is 9.47 Å². The van der Waals surface area contributed by atoms with Gasteiger partial charge in [0, 0.05) is 12.0 Å². The normalized spacial score (nSPS) is 11.6. The number of carbonyl (C=O) groups excluding carboxylic acids is 3. The van der Waals surface area contributed by atoms with E-state index in [1.54, 1.807) is 46.6 Å².